The fourth-order valence-corrected chi connectivity index (χ4v) is 1.35. The lowest BCUT2D eigenvalue weighted by molar-refractivity contribution is 0.358. The maximum absolute atomic E-state index is 13.4. The minimum absolute atomic E-state index is 0.0609. The number of halogens is 3. The number of ether oxygens (including phenoxy) is 1. The first kappa shape index (κ1) is 10.9. The molecule has 74 valence electrons. The lowest BCUT2D eigenvalue weighted by Gasteiger charge is -2.08. The third-order valence-corrected chi connectivity index (χ3v) is 2.37. The molecule has 0 aliphatic heterocycles. The molecular weight excluding hydrogens is 256 g/mol. The van der Waals surface area contributed by atoms with Crippen molar-refractivity contribution in [3.8, 4) is 11.8 Å². The van der Waals surface area contributed by atoms with Gasteiger partial charge in [-0.15, -0.1) is 0 Å². The number of nitriles is 1. The zero-order valence-electron chi connectivity index (χ0n) is 7.22. The number of hydrogen-bond acceptors (Lipinski definition) is 2. The maximum Gasteiger partial charge on any atom is 0.190 e. The molecule has 0 aliphatic carbocycles. The van der Waals surface area contributed by atoms with Crippen molar-refractivity contribution in [2.45, 2.75) is 4.83 Å². The molecule has 0 amide bonds. The average molecular weight is 262 g/mol. The topological polar surface area (TPSA) is 33.0 Å². The monoisotopic (exact) mass is 261 g/mol. The molecule has 0 heterocycles. The summed E-state index contributed by atoms with van der Waals surface area (Å²) in [7, 11) is 1.17. The van der Waals surface area contributed by atoms with Crippen LogP contribution in [0.1, 0.15) is 10.4 Å². The predicted octanol–water partition coefficient (Wildman–Crippen LogP) is 2.93. The van der Waals surface area contributed by atoms with Gasteiger partial charge < -0.3 is 4.74 Å². The summed E-state index contributed by atoms with van der Waals surface area (Å²) in [6.45, 7) is 0. The number of rotatable bonds is 2. The minimum Gasteiger partial charge on any atom is -0.491 e. The Kier molecular flexibility index (Phi) is 3.42. The van der Waals surface area contributed by atoms with E-state index in [2.05, 4.69) is 20.7 Å². The Hall–Kier alpha value is -1.15. The Morgan fingerprint density at radius 1 is 1.50 bits per heavy atom. The molecule has 0 aliphatic rings. The van der Waals surface area contributed by atoms with Crippen LogP contribution in [-0.4, -0.2) is 7.11 Å². The normalized spacial score (nSPS) is 11.9. The Labute approximate surface area is 88.2 Å². The highest BCUT2D eigenvalue weighted by atomic mass is 79.9. The third kappa shape index (κ3) is 1.85. The van der Waals surface area contributed by atoms with Crippen LogP contribution in [0.4, 0.5) is 8.78 Å². The Morgan fingerprint density at radius 2 is 2.14 bits per heavy atom. The molecule has 14 heavy (non-hydrogen) atoms. The quantitative estimate of drug-likeness (QED) is 0.767. The molecule has 0 saturated carbocycles. The highest BCUT2D eigenvalue weighted by Crippen LogP contribution is 2.31. The molecule has 0 N–H and O–H groups in total. The summed E-state index contributed by atoms with van der Waals surface area (Å²) < 4.78 is 30.9. The maximum atomic E-state index is 13.4. The molecule has 0 radical (unpaired) electrons. The van der Waals surface area contributed by atoms with E-state index in [1.807, 2.05) is 0 Å². The molecule has 1 unspecified atom stereocenters. The van der Waals surface area contributed by atoms with Gasteiger partial charge in [0.1, 0.15) is 4.83 Å². The summed E-state index contributed by atoms with van der Waals surface area (Å²) >= 11 is 2.94. The molecule has 0 fully saturated rings. The number of hydrogen-bond donors (Lipinski definition) is 0. The van der Waals surface area contributed by atoms with Gasteiger partial charge in [-0.2, -0.15) is 5.26 Å². The van der Waals surface area contributed by atoms with E-state index in [1.54, 1.807) is 6.07 Å². The van der Waals surface area contributed by atoms with Crippen LogP contribution >= 0.6 is 15.9 Å². The predicted molar refractivity (Wildman–Crippen MR) is 50.2 cm³/mol. The van der Waals surface area contributed by atoms with Crippen LogP contribution in [0.3, 0.4) is 0 Å². The summed E-state index contributed by atoms with van der Waals surface area (Å²) in [6, 6.07) is 4.05. The van der Waals surface area contributed by atoms with Gasteiger partial charge in [-0.05, 0) is 6.07 Å². The van der Waals surface area contributed by atoms with Gasteiger partial charge in [0.25, 0.3) is 0 Å². The summed E-state index contributed by atoms with van der Waals surface area (Å²) in [5.74, 6) is -2.11. The average Bonchev–Trinajstić information content (AvgIpc) is 2.18. The SMILES string of the molecule is COc1c(F)ccc(C(Br)C#N)c1F. The van der Waals surface area contributed by atoms with Crippen molar-refractivity contribution in [2.24, 2.45) is 0 Å². The first-order chi connectivity index (χ1) is 6.61. The first-order valence-corrected chi connectivity index (χ1v) is 4.59. The van der Waals surface area contributed by atoms with Crippen LogP contribution < -0.4 is 4.74 Å². The van der Waals surface area contributed by atoms with Gasteiger partial charge in [-0.25, -0.2) is 8.78 Å². The second-order valence-electron chi connectivity index (χ2n) is 2.48. The van der Waals surface area contributed by atoms with E-state index in [-0.39, 0.29) is 5.56 Å². The molecule has 5 heteroatoms. The van der Waals surface area contributed by atoms with E-state index in [1.165, 1.54) is 13.2 Å². The first-order valence-electron chi connectivity index (χ1n) is 3.67. The molecule has 0 spiro atoms. The Bertz CT molecular complexity index is 389. The van der Waals surface area contributed by atoms with Gasteiger partial charge >= 0.3 is 0 Å². The summed E-state index contributed by atoms with van der Waals surface area (Å²) in [4.78, 5) is -0.808. The minimum atomic E-state index is -0.851. The third-order valence-electron chi connectivity index (χ3n) is 1.67. The van der Waals surface area contributed by atoms with Crippen molar-refractivity contribution >= 4 is 15.9 Å². The highest BCUT2D eigenvalue weighted by molar-refractivity contribution is 9.09. The Balaban J connectivity index is 3.29. The largest absolute Gasteiger partial charge is 0.491 e. The molecule has 0 aromatic heterocycles. The van der Waals surface area contributed by atoms with Crippen LogP contribution in [0.5, 0.6) is 5.75 Å². The van der Waals surface area contributed by atoms with Gasteiger partial charge in [-0.1, -0.05) is 22.0 Å². The van der Waals surface area contributed by atoms with Gasteiger partial charge in [0.2, 0.25) is 0 Å². The number of nitrogens with zero attached hydrogens (tertiary/aromatic N) is 1. The lowest BCUT2D eigenvalue weighted by atomic mass is 10.1. The van der Waals surface area contributed by atoms with E-state index >= 15 is 0 Å². The number of alkyl halides is 1. The standard InChI is InChI=1S/C9H6BrF2NO/c1-14-9-7(11)3-2-5(8(9)12)6(10)4-13/h2-3,6H,1H3. The zero-order valence-corrected chi connectivity index (χ0v) is 8.81. The van der Waals surface area contributed by atoms with E-state index < -0.39 is 22.2 Å². The van der Waals surface area contributed by atoms with E-state index in [0.717, 1.165) is 6.07 Å². The van der Waals surface area contributed by atoms with E-state index in [0.29, 0.717) is 0 Å². The van der Waals surface area contributed by atoms with Crippen LogP contribution in [-0.2, 0) is 0 Å². The summed E-state index contributed by atoms with van der Waals surface area (Å²) in [5.41, 5.74) is 0.0609. The van der Waals surface area contributed by atoms with Crippen molar-refractivity contribution in [1.29, 1.82) is 5.26 Å². The summed E-state index contributed by atoms with van der Waals surface area (Å²) in [6.07, 6.45) is 0. The molecule has 1 aromatic carbocycles. The molecule has 1 aromatic rings. The fraction of sp³-hybridized carbons (Fsp3) is 0.222. The zero-order chi connectivity index (χ0) is 10.7. The fourth-order valence-electron chi connectivity index (χ4n) is 1.00. The van der Waals surface area contributed by atoms with Gasteiger partial charge in [0.05, 0.1) is 13.2 Å². The van der Waals surface area contributed by atoms with Crippen molar-refractivity contribution in [3.63, 3.8) is 0 Å². The van der Waals surface area contributed by atoms with Gasteiger partial charge in [-0.3, -0.25) is 0 Å². The van der Waals surface area contributed by atoms with Crippen molar-refractivity contribution in [1.82, 2.24) is 0 Å². The molecule has 1 rings (SSSR count). The van der Waals surface area contributed by atoms with Crippen LogP contribution in [0.25, 0.3) is 0 Å². The van der Waals surface area contributed by atoms with Crippen molar-refractivity contribution < 1.29 is 13.5 Å². The molecule has 0 bridgehead atoms. The van der Waals surface area contributed by atoms with Crippen LogP contribution in [0.2, 0.25) is 0 Å². The lowest BCUT2D eigenvalue weighted by Crippen LogP contribution is -1.98. The second-order valence-corrected chi connectivity index (χ2v) is 3.39. The van der Waals surface area contributed by atoms with Crippen LogP contribution in [0.15, 0.2) is 12.1 Å². The highest BCUT2D eigenvalue weighted by Gasteiger charge is 2.18. The smallest absolute Gasteiger partial charge is 0.190 e. The van der Waals surface area contributed by atoms with Crippen molar-refractivity contribution in [3.05, 3.63) is 29.3 Å². The molecular formula is C9H6BrF2NO. The molecule has 2 nitrogen and oxygen atoms in total. The van der Waals surface area contributed by atoms with E-state index in [4.69, 9.17) is 5.26 Å². The number of methoxy groups -OCH3 is 1. The summed E-state index contributed by atoms with van der Waals surface area (Å²) in [5, 5.41) is 8.55. The van der Waals surface area contributed by atoms with Crippen LogP contribution in [0, 0.1) is 23.0 Å². The second kappa shape index (κ2) is 4.38. The van der Waals surface area contributed by atoms with Gasteiger partial charge in [0.15, 0.2) is 17.4 Å². The van der Waals surface area contributed by atoms with E-state index in [9.17, 15) is 8.78 Å². The van der Waals surface area contributed by atoms with Crippen molar-refractivity contribution in [2.75, 3.05) is 7.11 Å². The molecule has 1 atom stereocenters. The Morgan fingerprint density at radius 3 is 2.64 bits per heavy atom. The van der Waals surface area contributed by atoms with Gasteiger partial charge in [0, 0.05) is 5.56 Å². The molecule has 0 saturated heterocycles. The number of benzene rings is 1.